The van der Waals surface area contributed by atoms with Crippen molar-refractivity contribution in [3.05, 3.63) is 29.8 Å². The van der Waals surface area contributed by atoms with E-state index in [0.717, 1.165) is 42.9 Å². The molecule has 0 aromatic heterocycles. The van der Waals surface area contributed by atoms with Crippen molar-refractivity contribution in [3.63, 3.8) is 0 Å². The molecular formula is C25H39N3O2. The van der Waals surface area contributed by atoms with Gasteiger partial charge in [-0.1, -0.05) is 37.5 Å². The van der Waals surface area contributed by atoms with Crippen LogP contribution in [0.15, 0.2) is 24.3 Å². The molecule has 1 aliphatic heterocycles. The molecule has 2 saturated carbocycles. The van der Waals surface area contributed by atoms with Crippen molar-refractivity contribution in [1.29, 1.82) is 0 Å². The summed E-state index contributed by atoms with van der Waals surface area (Å²) < 4.78 is 6.69. The van der Waals surface area contributed by atoms with Gasteiger partial charge in [0.05, 0.1) is 13.1 Å². The summed E-state index contributed by atoms with van der Waals surface area (Å²) in [6, 6.07) is 8.89. The van der Waals surface area contributed by atoms with Crippen LogP contribution in [0.2, 0.25) is 0 Å². The average molecular weight is 414 g/mol. The first-order valence-corrected chi connectivity index (χ1v) is 12.0. The van der Waals surface area contributed by atoms with Crippen LogP contribution in [0.4, 0.5) is 0 Å². The molecule has 1 spiro atoms. The Kier molecular flexibility index (Phi) is 6.99. The van der Waals surface area contributed by atoms with Gasteiger partial charge in [0, 0.05) is 24.7 Å². The van der Waals surface area contributed by atoms with Gasteiger partial charge >= 0.3 is 0 Å². The summed E-state index contributed by atoms with van der Waals surface area (Å²) in [6.07, 6.45) is 11.4. The minimum absolute atomic E-state index is 0.161. The van der Waals surface area contributed by atoms with Crippen molar-refractivity contribution >= 4 is 5.91 Å². The van der Waals surface area contributed by atoms with E-state index in [9.17, 15) is 4.79 Å². The highest BCUT2D eigenvalue weighted by molar-refractivity contribution is 5.78. The Bertz CT molecular complexity index is 708. The number of amides is 1. The summed E-state index contributed by atoms with van der Waals surface area (Å²) in [4.78, 5) is 17.4. The fourth-order valence-corrected chi connectivity index (χ4v) is 5.80. The maximum atomic E-state index is 12.8. The normalized spacial score (nSPS) is 27.6. The monoisotopic (exact) mass is 413 g/mol. The molecule has 0 radical (unpaired) electrons. The summed E-state index contributed by atoms with van der Waals surface area (Å²) in [5, 5.41) is 3.02. The lowest BCUT2D eigenvalue weighted by Crippen LogP contribution is -2.53. The van der Waals surface area contributed by atoms with Crippen molar-refractivity contribution in [2.75, 3.05) is 33.7 Å². The van der Waals surface area contributed by atoms with E-state index in [1.165, 1.54) is 38.6 Å². The second-order valence-corrected chi connectivity index (χ2v) is 9.85. The molecule has 1 amide bonds. The molecule has 0 bridgehead atoms. The number of para-hydroxylation sites is 1. The Hall–Kier alpha value is -1.59. The first-order valence-electron chi connectivity index (χ1n) is 12.0. The zero-order valence-electron chi connectivity index (χ0n) is 18.9. The number of rotatable bonds is 5. The molecular weight excluding hydrogens is 374 g/mol. The lowest BCUT2D eigenvalue weighted by atomic mass is 9.80. The molecule has 0 atom stereocenters. The summed E-state index contributed by atoms with van der Waals surface area (Å²) >= 11 is 0. The Morgan fingerprint density at radius 2 is 1.90 bits per heavy atom. The van der Waals surface area contributed by atoms with E-state index in [1.54, 1.807) is 0 Å². The molecule has 3 aliphatic rings. The van der Waals surface area contributed by atoms with Gasteiger partial charge in [0.2, 0.25) is 5.91 Å². The molecule has 5 nitrogen and oxygen atoms in total. The van der Waals surface area contributed by atoms with Crippen molar-refractivity contribution in [2.45, 2.75) is 76.0 Å². The first-order chi connectivity index (χ1) is 14.6. The van der Waals surface area contributed by atoms with Crippen LogP contribution in [0.5, 0.6) is 5.75 Å². The summed E-state index contributed by atoms with van der Waals surface area (Å²) in [5.41, 5.74) is 0.869. The first kappa shape index (κ1) is 21.6. The second kappa shape index (κ2) is 9.69. The standard InChI is InChI=1S/C25H39N3O2/c1-26-16-24(29)28-18-21-10-6-7-11-23(21)30-25(19-28)14-12-22(13-15-25)27(2)17-20-8-4-3-5-9-20/h6-7,10-11,20,22,26H,3-5,8-9,12-19H2,1-2H3. The molecule has 166 valence electrons. The molecule has 5 heteroatoms. The molecule has 2 aliphatic carbocycles. The van der Waals surface area contributed by atoms with Gasteiger partial charge in [-0.3, -0.25) is 4.79 Å². The Labute approximate surface area is 182 Å². The van der Waals surface area contributed by atoms with E-state index < -0.39 is 0 Å². The number of hydrogen-bond acceptors (Lipinski definition) is 4. The van der Waals surface area contributed by atoms with E-state index in [2.05, 4.69) is 29.4 Å². The van der Waals surface area contributed by atoms with Crippen molar-refractivity contribution < 1.29 is 9.53 Å². The number of hydrogen-bond donors (Lipinski definition) is 1. The van der Waals surface area contributed by atoms with Crippen LogP contribution in [-0.2, 0) is 11.3 Å². The number of ether oxygens (including phenoxy) is 1. The molecule has 1 heterocycles. The fourth-order valence-electron chi connectivity index (χ4n) is 5.80. The van der Waals surface area contributed by atoms with Crippen LogP contribution in [-0.4, -0.2) is 61.1 Å². The third-order valence-electron chi connectivity index (χ3n) is 7.58. The predicted molar refractivity (Wildman–Crippen MR) is 121 cm³/mol. The average Bonchev–Trinajstić information content (AvgIpc) is 2.92. The molecule has 1 aromatic rings. The topological polar surface area (TPSA) is 44.8 Å². The van der Waals surface area contributed by atoms with Crippen LogP contribution < -0.4 is 10.1 Å². The van der Waals surface area contributed by atoms with Crippen LogP contribution in [0.1, 0.15) is 63.4 Å². The van der Waals surface area contributed by atoms with Gasteiger partial charge in [-0.25, -0.2) is 0 Å². The quantitative estimate of drug-likeness (QED) is 0.797. The highest BCUT2D eigenvalue weighted by Gasteiger charge is 2.43. The highest BCUT2D eigenvalue weighted by Crippen LogP contribution is 2.39. The fraction of sp³-hybridized carbons (Fsp3) is 0.720. The Morgan fingerprint density at radius 1 is 1.17 bits per heavy atom. The SMILES string of the molecule is CNCC(=O)N1Cc2ccccc2OC2(CCC(N(C)CC3CCCCC3)CC2)C1. The van der Waals surface area contributed by atoms with Crippen molar-refractivity contribution in [1.82, 2.24) is 15.1 Å². The van der Waals surface area contributed by atoms with E-state index in [0.29, 0.717) is 25.7 Å². The van der Waals surface area contributed by atoms with Gasteiger partial charge in [-0.2, -0.15) is 0 Å². The number of nitrogens with zero attached hydrogens (tertiary/aromatic N) is 2. The van der Waals surface area contributed by atoms with E-state index in [1.807, 2.05) is 24.1 Å². The van der Waals surface area contributed by atoms with Crippen LogP contribution in [0, 0.1) is 5.92 Å². The van der Waals surface area contributed by atoms with Crippen molar-refractivity contribution in [3.8, 4) is 5.75 Å². The third-order valence-corrected chi connectivity index (χ3v) is 7.58. The van der Waals surface area contributed by atoms with E-state index in [4.69, 9.17) is 4.74 Å². The second-order valence-electron chi connectivity index (χ2n) is 9.85. The smallest absolute Gasteiger partial charge is 0.236 e. The lowest BCUT2D eigenvalue weighted by Gasteiger charge is -2.44. The summed E-state index contributed by atoms with van der Waals surface area (Å²) in [7, 11) is 4.16. The minimum atomic E-state index is -0.252. The summed E-state index contributed by atoms with van der Waals surface area (Å²) in [5.74, 6) is 2.01. The molecule has 4 rings (SSSR count). The van der Waals surface area contributed by atoms with Crippen LogP contribution in [0.3, 0.4) is 0 Å². The Morgan fingerprint density at radius 3 is 2.63 bits per heavy atom. The van der Waals surface area contributed by atoms with Crippen molar-refractivity contribution in [2.24, 2.45) is 5.92 Å². The number of nitrogens with one attached hydrogen (secondary N) is 1. The molecule has 0 unspecified atom stereocenters. The zero-order chi connectivity index (χ0) is 21.0. The van der Waals surface area contributed by atoms with Gasteiger partial charge < -0.3 is 19.9 Å². The number of fused-ring (bicyclic) bond motifs is 1. The third kappa shape index (κ3) is 5.00. The maximum absolute atomic E-state index is 12.8. The van der Waals surface area contributed by atoms with E-state index >= 15 is 0 Å². The van der Waals surface area contributed by atoms with Gasteiger partial charge in [0.1, 0.15) is 11.4 Å². The maximum Gasteiger partial charge on any atom is 0.236 e. The van der Waals surface area contributed by atoms with Gasteiger partial charge in [0.15, 0.2) is 0 Å². The molecule has 2 fully saturated rings. The number of likely N-dealkylation sites (N-methyl/N-ethyl adjacent to an activating group) is 1. The van der Waals surface area contributed by atoms with E-state index in [-0.39, 0.29) is 11.5 Å². The number of carbonyl (C=O) groups is 1. The lowest BCUT2D eigenvalue weighted by molar-refractivity contribution is -0.134. The summed E-state index contributed by atoms with van der Waals surface area (Å²) in [6.45, 7) is 2.96. The van der Waals surface area contributed by atoms with Crippen LogP contribution >= 0.6 is 0 Å². The van der Waals surface area contributed by atoms with Gasteiger partial charge in [-0.05, 0) is 64.6 Å². The molecule has 0 saturated heterocycles. The number of carbonyl (C=O) groups excluding carboxylic acids is 1. The molecule has 1 aromatic carbocycles. The van der Waals surface area contributed by atoms with Gasteiger partial charge in [0.25, 0.3) is 0 Å². The van der Waals surface area contributed by atoms with Crippen LogP contribution in [0.25, 0.3) is 0 Å². The largest absolute Gasteiger partial charge is 0.485 e. The molecule has 1 N–H and O–H groups in total. The number of benzene rings is 1. The highest BCUT2D eigenvalue weighted by atomic mass is 16.5. The predicted octanol–water partition coefficient (Wildman–Crippen LogP) is 3.82. The van der Waals surface area contributed by atoms with Gasteiger partial charge in [-0.15, -0.1) is 0 Å². The molecule has 30 heavy (non-hydrogen) atoms. The minimum Gasteiger partial charge on any atom is -0.485 e. The zero-order valence-corrected chi connectivity index (χ0v) is 18.9. The Balaban J connectivity index is 1.43.